The normalized spacial score (nSPS) is 18.5. The molecule has 1 aliphatic heterocycles. The molecule has 0 bridgehead atoms. The number of ether oxygens (including phenoxy) is 1. The largest absolute Gasteiger partial charge is 0.442 e. The van der Waals surface area contributed by atoms with Gasteiger partial charge < -0.3 is 14.5 Å². The summed E-state index contributed by atoms with van der Waals surface area (Å²) in [7, 11) is 1.85. The Balaban J connectivity index is 1.31. The molecule has 33 heavy (non-hydrogen) atoms. The van der Waals surface area contributed by atoms with Crippen LogP contribution in [0.3, 0.4) is 0 Å². The molecule has 0 saturated carbocycles. The highest BCUT2D eigenvalue weighted by Gasteiger charge is 2.25. The van der Waals surface area contributed by atoms with E-state index in [4.69, 9.17) is 25.9 Å². The van der Waals surface area contributed by atoms with Crippen molar-refractivity contribution in [1.82, 2.24) is 24.3 Å². The molecule has 5 rings (SSSR count). The van der Waals surface area contributed by atoms with E-state index in [9.17, 15) is 4.79 Å². The molecule has 4 heterocycles. The number of carbonyl (C=O) groups excluding carboxylic acids is 1. The Labute approximate surface area is 206 Å². The number of nitrogens with zero attached hydrogens (tertiary/aromatic N) is 6. The first kappa shape index (κ1) is 14.6. The molecule has 1 amide bonds. The van der Waals surface area contributed by atoms with Gasteiger partial charge in [-0.15, -0.1) is 0 Å². The first-order valence-corrected chi connectivity index (χ1v) is 10.7. The summed E-state index contributed by atoms with van der Waals surface area (Å²) in [6.45, 7) is -1.62. The fraction of sp³-hybridized carbons (Fsp3) is 0.292. The van der Waals surface area contributed by atoms with Crippen LogP contribution in [0.1, 0.15) is 28.1 Å². The average Bonchev–Trinajstić information content (AvgIpc) is 3.55. The van der Waals surface area contributed by atoms with Gasteiger partial charge in [0.25, 0.3) is 0 Å². The number of anilines is 1. The van der Waals surface area contributed by atoms with Crippen molar-refractivity contribution >= 4 is 28.9 Å². The number of halogens is 1. The molecule has 3 aromatic heterocycles. The number of aryl methyl sites for hydroxylation is 1. The predicted molar refractivity (Wildman–Crippen MR) is 128 cm³/mol. The van der Waals surface area contributed by atoms with E-state index in [2.05, 4.69) is 15.1 Å². The number of rotatable bonds is 4. The molecule has 8 nitrogen and oxygen atoms in total. The van der Waals surface area contributed by atoms with Gasteiger partial charge in [-0.2, -0.15) is 10.2 Å². The number of piperazine rings is 1. The summed E-state index contributed by atoms with van der Waals surface area (Å²) in [6.07, 6.45) is 4.44. The lowest BCUT2D eigenvalue weighted by atomic mass is 10.1. The van der Waals surface area contributed by atoms with E-state index in [1.165, 1.54) is 4.90 Å². The number of hydrogen-bond acceptors (Lipinski definition) is 5. The van der Waals surface area contributed by atoms with Crippen LogP contribution in [0, 0.1) is 0 Å². The van der Waals surface area contributed by atoms with E-state index in [1.807, 2.05) is 31.6 Å². The molecule has 1 saturated heterocycles. The monoisotopic (exact) mass is 471 g/mol. The number of pyridine rings is 1. The topological polar surface area (TPSA) is 67.9 Å². The lowest BCUT2D eigenvalue weighted by Crippen LogP contribution is -2.49. The Bertz CT molecular complexity index is 1570. The van der Waals surface area contributed by atoms with Crippen LogP contribution in [0.15, 0.2) is 61.1 Å². The standard InChI is InChI=1S/C24H25ClN6O2/c1-17(18-3-6-21(25)7-4-18)33-24(32)30-11-9-29(10-12-30)23-14-27-31-16-19(5-8-22(23)31)20-13-26-28(2)15-20/h3-8,13-17H,9-12H2,1-2H3/i1D3,3D,4D,6D,7D. The Morgan fingerprint density at radius 1 is 1.09 bits per heavy atom. The van der Waals surface area contributed by atoms with Gasteiger partial charge in [0, 0.05) is 65.9 Å². The molecule has 4 aromatic rings. The Morgan fingerprint density at radius 2 is 1.88 bits per heavy atom. The minimum atomic E-state index is -2.94. The van der Waals surface area contributed by atoms with E-state index >= 15 is 0 Å². The second-order valence-corrected chi connectivity index (χ2v) is 8.02. The van der Waals surface area contributed by atoms with Crippen LogP contribution in [-0.2, 0) is 11.8 Å². The highest BCUT2D eigenvalue weighted by molar-refractivity contribution is 6.30. The SMILES string of the molecule is [2H]c1c([2H])c(C(OC(=O)N2CCN(c3cnn4cc(-c5cnn(C)c5)ccc34)CC2)C([2H])([2H])[2H])c([2H])c([2H])c1Cl. The van der Waals surface area contributed by atoms with E-state index in [0.29, 0.717) is 13.1 Å². The van der Waals surface area contributed by atoms with Crippen LogP contribution in [0.25, 0.3) is 16.6 Å². The molecule has 0 N–H and O–H groups in total. The number of carbonyl (C=O) groups is 1. The smallest absolute Gasteiger partial charge is 0.410 e. The van der Waals surface area contributed by atoms with E-state index < -0.39 is 53.8 Å². The molecule has 1 atom stereocenters. The Hall–Kier alpha value is -3.52. The van der Waals surface area contributed by atoms with Crippen molar-refractivity contribution < 1.29 is 19.1 Å². The Morgan fingerprint density at radius 3 is 2.58 bits per heavy atom. The maximum Gasteiger partial charge on any atom is 0.410 e. The summed E-state index contributed by atoms with van der Waals surface area (Å²) in [5.41, 5.74) is 3.17. The van der Waals surface area contributed by atoms with Crippen molar-refractivity contribution in [2.45, 2.75) is 13.0 Å². The van der Waals surface area contributed by atoms with Crippen molar-refractivity contribution in [3.63, 3.8) is 0 Å². The van der Waals surface area contributed by atoms with Crippen molar-refractivity contribution in [3.8, 4) is 11.1 Å². The summed E-state index contributed by atoms with van der Waals surface area (Å²) >= 11 is 5.85. The average molecular weight is 472 g/mol. The molecule has 0 radical (unpaired) electrons. The van der Waals surface area contributed by atoms with Gasteiger partial charge in [0.2, 0.25) is 0 Å². The summed E-state index contributed by atoms with van der Waals surface area (Å²) in [5, 5.41) is 8.25. The summed E-state index contributed by atoms with van der Waals surface area (Å²) < 4.78 is 64.7. The highest BCUT2D eigenvalue weighted by Crippen LogP contribution is 2.27. The maximum atomic E-state index is 13.0. The molecule has 1 unspecified atom stereocenters. The number of hydrogen-bond donors (Lipinski definition) is 0. The van der Waals surface area contributed by atoms with Crippen LogP contribution in [0.4, 0.5) is 10.5 Å². The molecule has 1 fully saturated rings. The fourth-order valence-electron chi connectivity index (χ4n) is 3.76. The minimum Gasteiger partial charge on any atom is -0.442 e. The summed E-state index contributed by atoms with van der Waals surface area (Å²) in [5.74, 6) is 0. The molecule has 1 aromatic carbocycles. The third-order valence-corrected chi connectivity index (χ3v) is 5.70. The predicted octanol–water partition coefficient (Wildman–Crippen LogP) is 4.41. The van der Waals surface area contributed by atoms with Crippen molar-refractivity contribution in [1.29, 1.82) is 0 Å². The number of fused-ring (bicyclic) bond motifs is 1. The summed E-state index contributed by atoms with van der Waals surface area (Å²) in [6, 6.07) is 1.43. The quantitative estimate of drug-likeness (QED) is 0.441. The molecule has 170 valence electrons. The van der Waals surface area contributed by atoms with Gasteiger partial charge >= 0.3 is 6.09 Å². The van der Waals surface area contributed by atoms with Gasteiger partial charge in [-0.3, -0.25) is 4.68 Å². The van der Waals surface area contributed by atoms with Gasteiger partial charge in [0.05, 0.1) is 29.1 Å². The third kappa shape index (κ3) is 4.39. The molecule has 0 aliphatic carbocycles. The number of aromatic nitrogens is 4. The zero-order valence-electron chi connectivity index (χ0n) is 24.7. The van der Waals surface area contributed by atoms with Crippen LogP contribution in [0.2, 0.25) is 5.02 Å². The van der Waals surface area contributed by atoms with Gasteiger partial charge in [0.1, 0.15) is 6.10 Å². The second kappa shape index (κ2) is 8.78. The van der Waals surface area contributed by atoms with Crippen LogP contribution < -0.4 is 4.90 Å². The van der Waals surface area contributed by atoms with Crippen molar-refractivity contribution in [2.24, 2.45) is 7.05 Å². The number of amides is 1. The second-order valence-electron chi connectivity index (χ2n) is 7.65. The zero-order chi connectivity index (χ0) is 28.9. The van der Waals surface area contributed by atoms with E-state index in [1.54, 1.807) is 21.6 Å². The third-order valence-electron chi connectivity index (χ3n) is 5.51. The zero-order valence-corrected chi connectivity index (χ0v) is 18.5. The number of benzene rings is 1. The lowest BCUT2D eigenvalue weighted by Gasteiger charge is -2.35. The van der Waals surface area contributed by atoms with Crippen LogP contribution in [-0.4, -0.2) is 56.6 Å². The highest BCUT2D eigenvalue weighted by atomic mass is 35.5. The van der Waals surface area contributed by atoms with E-state index in [-0.39, 0.29) is 13.1 Å². The minimum absolute atomic E-state index is 0.229. The van der Waals surface area contributed by atoms with Crippen LogP contribution in [0.5, 0.6) is 0 Å². The maximum absolute atomic E-state index is 13.0. The van der Waals surface area contributed by atoms with E-state index in [0.717, 1.165) is 22.3 Å². The molecule has 9 heteroatoms. The molecule has 1 aliphatic rings. The molecular weight excluding hydrogens is 440 g/mol. The lowest BCUT2D eigenvalue weighted by molar-refractivity contribution is 0.0681. The molecular formula is C24H25ClN6O2. The van der Waals surface area contributed by atoms with Crippen LogP contribution >= 0.6 is 11.6 Å². The van der Waals surface area contributed by atoms with Gasteiger partial charge in [-0.05, 0) is 30.6 Å². The van der Waals surface area contributed by atoms with Gasteiger partial charge in [0.15, 0.2) is 0 Å². The Kier molecular flexibility index (Phi) is 3.88. The van der Waals surface area contributed by atoms with Gasteiger partial charge in [-0.1, -0.05) is 29.8 Å². The first-order valence-electron chi connectivity index (χ1n) is 13.8. The fourth-order valence-corrected chi connectivity index (χ4v) is 3.85. The first-order chi connectivity index (χ1) is 18.9. The molecule has 0 spiro atoms. The summed E-state index contributed by atoms with van der Waals surface area (Å²) in [4.78, 5) is 16.5. The van der Waals surface area contributed by atoms with Crippen molar-refractivity contribution in [3.05, 3.63) is 71.7 Å². The van der Waals surface area contributed by atoms with Gasteiger partial charge in [-0.25, -0.2) is 9.31 Å². The van der Waals surface area contributed by atoms with Crippen molar-refractivity contribution in [2.75, 3.05) is 31.1 Å².